The molecule has 1 aliphatic carbocycles. The summed E-state index contributed by atoms with van der Waals surface area (Å²) in [4.78, 5) is 25.0. The van der Waals surface area contributed by atoms with E-state index in [1.54, 1.807) is 12.1 Å². The molecule has 11 heteroatoms. The van der Waals surface area contributed by atoms with E-state index < -0.39 is 0 Å². The van der Waals surface area contributed by atoms with Crippen molar-refractivity contribution in [1.82, 2.24) is 20.3 Å². The first-order valence-electron chi connectivity index (χ1n) is 14.0. The van der Waals surface area contributed by atoms with Gasteiger partial charge in [0, 0.05) is 36.7 Å². The standard InChI is InChI=1S/C29H34FN5O5/c30-21-15-31-22-5-7-26(38-13-1-12-36)35-27(22)20(21)4-2-18-8-10-29(11-9-23(18)40-17-29)32-14-19-3-6-24-28(33-19)34-25(37)16-39-24/h3,5-7,15,18,23,32,36H,1-2,4,8-14,16-17H2,(H,33,34,37). The van der Waals surface area contributed by atoms with Gasteiger partial charge in [0.2, 0.25) is 5.88 Å². The summed E-state index contributed by atoms with van der Waals surface area (Å²) in [5.41, 5.74) is 2.40. The molecule has 6 heterocycles. The highest BCUT2D eigenvalue weighted by Crippen LogP contribution is 2.40. The maximum atomic E-state index is 15.0. The predicted molar refractivity (Wildman–Crippen MR) is 145 cm³/mol. The molecule has 10 nitrogen and oxygen atoms in total. The van der Waals surface area contributed by atoms with Crippen LogP contribution in [0.15, 0.2) is 30.5 Å². The second kappa shape index (κ2) is 11.6. The Hall–Kier alpha value is -3.41. The molecule has 1 saturated carbocycles. The number of amides is 1. The number of carbonyl (C=O) groups excluding carboxylic acids is 1. The Morgan fingerprint density at radius 1 is 1.20 bits per heavy atom. The molecule has 2 bridgehead atoms. The van der Waals surface area contributed by atoms with Gasteiger partial charge < -0.3 is 30.0 Å². The van der Waals surface area contributed by atoms with Crippen LogP contribution in [0.3, 0.4) is 0 Å². The van der Waals surface area contributed by atoms with Crippen LogP contribution in [0.1, 0.15) is 49.8 Å². The van der Waals surface area contributed by atoms with Gasteiger partial charge >= 0.3 is 0 Å². The lowest BCUT2D eigenvalue weighted by Gasteiger charge is -2.38. The van der Waals surface area contributed by atoms with Crippen molar-refractivity contribution in [2.45, 2.75) is 63.1 Å². The number of aryl methyl sites for hydroxylation is 1. The zero-order valence-electron chi connectivity index (χ0n) is 22.3. The second-order valence-electron chi connectivity index (χ2n) is 10.9. The quantitative estimate of drug-likeness (QED) is 0.325. The number of ether oxygens (including phenoxy) is 3. The van der Waals surface area contributed by atoms with E-state index in [0.29, 0.717) is 72.6 Å². The third-order valence-corrected chi connectivity index (χ3v) is 8.23. The van der Waals surface area contributed by atoms with E-state index in [2.05, 4.69) is 25.6 Å². The van der Waals surface area contributed by atoms with Gasteiger partial charge in [-0.2, -0.15) is 0 Å². The van der Waals surface area contributed by atoms with Crippen LogP contribution >= 0.6 is 0 Å². The molecule has 0 spiro atoms. The molecule has 3 fully saturated rings. The minimum Gasteiger partial charge on any atom is -0.480 e. The normalized spacial score (nSPS) is 23.8. The van der Waals surface area contributed by atoms with Crippen LogP contribution in [-0.2, 0) is 22.5 Å². The number of aliphatic hydroxyl groups excluding tert-OH is 1. The maximum Gasteiger partial charge on any atom is 0.263 e. The van der Waals surface area contributed by atoms with E-state index in [1.807, 2.05) is 12.1 Å². The van der Waals surface area contributed by atoms with Gasteiger partial charge in [-0.25, -0.2) is 14.4 Å². The Balaban J connectivity index is 1.10. The SMILES string of the molecule is O=C1COc2ccc(CNC34CCC(CCc5c(F)cnc6ccc(OCCCO)nc56)C(CC3)OC4)nc2N1. The number of fused-ring (bicyclic) bond motifs is 6. The molecule has 3 unspecified atom stereocenters. The van der Waals surface area contributed by atoms with Crippen molar-refractivity contribution in [3.63, 3.8) is 0 Å². The molecule has 3 aliphatic heterocycles. The van der Waals surface area contributed by atoms with Gasteiger partial charge in [0.15, 0.2) is 18.2 Å². The third kappa shape index (κ3) is 5.72. The number of rotatable bonds is 10. The number of pyridine rings is 3. The Kier molecular flexibility index (Phi) is 7.77. The summed E-state index contributed by atoms with van der Waals surface area (Å²) in [6.07, 6.45) is 7.13. The van der Waals surface area contributed by atoms with Gasteiger partial charge in [-0.3, -0.25) is 9.78 Å². The number of carbonyl (C=O) groups is 1. The highest BCUT2D eigenvalue weighted by molar-refractivity contribution is 5.94. The van der Waals surface area contributed by atoms with E-state index in [0.717, 1.165) is 37.8 Å². The van der Waals surface area contributed by atoms with Crippen LogP contribution in [0.5, 0.6) is 11.6 Å². The molecule has 0 aromatic carbocycles. The molecule has 0 radical (unpaired) electrons. The fourth-order valence-corrected chi connectivity index (χ4v) is 5.96. The van der Waals surface area contributed by atoms with E-state index in [9.17, 15) is 9.18 Å². The summed E-state index contributed by atoms with van der Waals surface area (Å²) in [5, 5.41) is 15.5. The van der Waals surface area contributed by atoms with Crippen molar-refractivity contribution in [3.05, 3.63) is 47.5 Å². The summed E-state index contributed by atoms with van der Waals surface area (Å²) >= 11 is 0. The zero-order chi connectivity index (χ0) is 27.5. The number of aliphatic hydroxyl groups is 1. The number of aromatic nitrogens is 3. The third-order valence-electron chi connectivity index (χ3n) is 8.23. The van der Waals surface area contributed by atoms with Gasteiger partial charge in [0.05, 0.1) is 42.2 Å². The van der Waals surface area contributed by atoms with Crippen LogP contribution in [-0.4, -0.2) is 64.0 Å². The Bertz CT molecular complexity index is 1380. The van der Waals surface area contributed by atoms with Gasteiger partial charge in [-0.1, -0.05) is 0 Å². The fraction of sp³-hybridized carbons (Fsp3) is 0.517. The molecule has 3 N–H and O–H groups in total. The van der Waals surface area contributed by atoms with Crippen molar-refractivity contribution < 1.29 is 28.5 Å². The monoisotopic (exact) mass is 551 g/mol. The summed E-state index contributed by atoms with van der Waals surface area (Å²) in [7, 11) is 0. The molecule has 3 atom stereocenters. The fourth-order valence-electron chi connectivity index (χ4n) is 5.96. The molecule has 1 amide bonds. The Morgan fingerprint density at radius 2 is 2.10 bits per heavy atom. The molecule has 212 valence electrons. The Morgan fingerprint density at radius 3 is 2.95 bits per heavy atom. The minimum absolute atomic E-state index is 0.0104. The number of anilines is 1. The molecule has 3 aromatic rings. The zero-order valence-corrected chi connectivity index (χ0v) is 22.3. The van der Waals surface area contributed by atoms with Gasteiger partial charge in [0.25, 0.3) is 5.91 Å². The first-order valence-corrected chi connectivity index (χ1v) is 14.0. The van der Waals surface area contributed by atoms with Gasteiger partial charge in [-0.05, 0) is 62.6 Å². The minimum atomic E-state index is -0.358. The topological polar surface area (TPSA) is 128 Å². The van der Waals surface area contributed by atoms with Crippen LogP contribution in [0.25, 0.3) is 11.0 Å². The van der Waals surface area contributed by atoms with Crippen molar-refractivity contribution in [3.8, 4) is 11.6 Å². The summed E-state index contributed by atoms with van der Waals surface area (Å²) in [6.45, 7) is 1.58. The van der Waals surface area contributed by atoms with E-state index in [4.69, 9.17) is 19.3 Å². The van der Waals surface area contributed by atoms with Crippen LogP contribution < -0.4 is 20.1 Å². The van der Waals surface area contributed by atoms with E-state index in [1.165, 1.54) is 6.20 Å². The maximum absolute atomic E-state index is 15.0. The van der Waals surface area contributed by atoms with Crippen molar-refractivity contribution >= 4 is 22.8 Å². The Labute approximate surface area is 231 Å². The van der Waals surface area contributed by atoms with Crippen molar-refractivity contribution in [2.75, 3.05) is 31.7 Å². The molecule has 2 saturated heterocycles. The average molecular weight is 552 g/mol. The van der Waals surface area contributed by atoms with Gasteiger partial charge in [0.1, 0.15) is 5.82 Å². The highest BCUT2D eigenvalue weighted by atomic mass is 19.1. The number of halogens is 1. The average Bonchev–Trinajstić information content (AvgIpc) is 3.25. The second-order valence-corrected chi connectivity index (χ2v) is 10.9. The summed E-state index contributed by atoms with van der Waals surface area (Å²) in [6, 6.07) is 7.27. The summed E-state index contributed by atoms with van der Waals surface area (Å²) in [5.74, 6) is 1.20. The number of nitrogens with zero attached hydrogens (tertiary/aromatic N) is 3. The first-order chi connectivity index (χ1) is 19.5. The van der Waals surface area contributed by atoms with Crippen molar-refractivity contribution in [1.29, 1.82) is 0 Å². The highest BCUT2D eigenvalue weighted by Gasteiger charge is 2.42. The van der Waals surface area contributed by atoms with Crippen LogP contribution in [0.4, 0.5) is 10.2 Å². The smallest absolute Gasteiger partial charge is 0.263 e. The molecular weight excluding hydrogens is 517 g/mol. The molecule has 40 heavy (non-hydrogen) atoms. The molecular formula is C29H34FN5O5. The summed E-state index contributed by atoms with van der Waals surface area (Å²) < 4.78 is 32.4. The number of hydrogen-bond acceptors (Lipinski definition) is 9. The van der Waals surface area contributed by atoms with Crippen molar-refractivity contribution in [2.24, 2.45) is 5.92 Å². The van der Waals surface area contributed by atoms with Gasteiger partial charge in [-0.15, -0.1) is 0 Å². The largest absolute Gasteiger partial charge is 0.480 e. The predicted octanol–water partition coefficient (Wildman–Crippen LogP) is 3.31. The van der Waals surface area contributed by atoms with Crippen LogP contribution in [0, 0.1) is 11.7 Å². The lowest BCUT2D eigenvalue weighted by Crippen LogP contribution is -2.51. The lowest BCUT2D eigenvalue weighted by atomic mass is 9.89. The molecule has 4 aliphatic rings. The van der Waals surface area contributed by atoms with Crippen LogP contribution in [0.2, 0.25) is 0 Å². The van der Waals surface area contributed by atoms with E-state index >= 15 is 0 Å². The van der Waals surface area contributed by atoms with E-state index in [-0.39, 0.29) is 36.6 Å². The molecule has 7 rings (SSSR count). The number of nitrogens with one attached hydrogen (secondary N) is 2. The number of hydrogen-bond donors (Lipinski definition) is 3. The lowest BCUT2D eigenvalue weighted by molar-refractivity contribution is -0.118. The first kappa shape index (κ1) is 26.8. The molecule has 3 aromatic heterocycles.